The first-order valence-corrected chi connectivity index (χ1v) is 12.2. The molecule has 0 aliphatic carbocycles. The second kappa shape index (κ2) is 12.4. The molecule has 0 aliphatic heterocycles. The van der Waals surface area contributed by atoms with Crippen molar-refractivity contribution in [2.24, 2.45) is 11.3 Å². The van der Waals surface area contributed by atoms with Crippen LogP contribution >= 0.6 is 0 Å². The Morgan fingerprint density at radius 2 is 1.65 bits per heavy atom. The van der Waals surface area contributed by atoms with Crippen LogP contribution in [0.15, 0.2) is 79.0 Å². The van der Waals surface area contributed by atoms with E-state index in [1.54, 1.807) is 6.20 Å². The van der Waals surface area contributed by atoms with Crippen molar-refractivity contribution < 1.29 is 9.53 Å². The van der Waals surface area contributed by atoms with Crippen molar-refractivity contribution >= 4 is 5.91 Å². The largest absolute Gasteiger partial charge is 0.489 e. The van der Waals surface area contributed by atoms with Gasteiger partial charge in [-0.3, -0.25) is 9.78 Å². The molecule has 0 saturated carbocycles. The zero-order chi connectivity index (χ0) is 24.4. The SMILES string of the molecule is CC(CC(=O)N(CCc1ccccn1)Cc1ccc(OCc2ccccc2)cc1)CC(C)(C)C. The second-order valence-electron chi connectivity index (χ2n) is 10.4. The van der Waals surface area contributed by atoms with Gasteiger partial charge in [0, 0.05) is 37.8 Å². The van der Waals surface area contributed by atoms with E-state index in [1.807, 2.05) is 53.4 Å². The Balaban J connectivity index is 1.62. The lowest BCUT2D eigenvalue weighted by Gasteiger charge is -2.27. The van der Waals surface area contributed by atoms with Crippen LogP contribution in [0.3, 0.4) is 0 Å². The molecule has 1 amide bonds. The molecule has 0 spiro atoms. The van der Waals surface area contributed by atoms with Gasteiger partial charge < -0.3 is 9.64 Å². The molecule has 4 heteroatoms. The Kier molecular flexibility index (Phi) is 9.26. The fourth-order valence-corrected chi connectivity index (χ4v) is 4.28. The molecule has 34 heavy (non-hydrogen) atoms. The second-order valence-corrected chi connectivity index (χ2v) is 10.4. The molecule has 0 radical (unpaired) electrons. The van der Waals surface area contributed by atoms with Gasteiger partial charge in [0.25, 0.3) is 0 Å². The summed E-state index contributed by atoms with van der Waals surface area (Å²) in [7, 11) is 0. The highest BCUT2D eigenvalue weighted by Gasteiger charge is 2.21. The summed E-state index contributed by atoms with van der Waals surface area (Å²) in [5.74, 6) is 1.38. The van der Waals surface area contributed by atoms with Crippen molar-refractivity contribution in [3.63, 3.8) is 0 Å². The molecular formula is C30H38N2O2. The van der Waals surface area contributed by atoms with Gasteiger partial charge in [0.15, 0.2) is 0 Å². The van der Waals surface area contributed by atoms with Crippen molar-refractivity contribution in [2.45, 2.75) is 60.1 Å². The van der Waals surface area contributed by atoms with Gasteiger partial charge in [0.05, 0.1) is 0 Å². The van der Waals surface area contributed by atoms with Gasteiger partial charge in [-0.2, -0.15) is 0 Å². The molecule has 0 fully saturated rings. The maximum Gasteiger partial charge on any atom is 0.223 e. The third-order valence-electron chi connectivity index (χ3n) is 5.75. The topological polar surface area (TPSA) is 42.4 Å². The molecule has 180 valence electrons. The van der Waals surface area contributed by atoms with E-state index >= 15 is 0 Å². The average molecular weight is 459 g/mol. The molecule has 1 aromatic heterocycles. The van der Waals surface area contributed by atoms with Gasteiger partial charge in [-0.15, -0.1) is 0 Å². The number of carbonyl (C=O) groups is 1. The lowest BCUT2D eigenvalue weighted by molar-refractivity contribution is -0.132. The molecule has 1 unspecified atom stereocenters. The normalized spacial score (nSPS) is 12.2. The molecule has 4 nitrogen and oxygen atoms in total. The summed E-state index contributed by atoms with van der Waals surface area (Å²) in [5, 5.41) is 0. The van der Waals surface area contributed by atoms with Crippen LogP contribution in [0.4, 0.5) is 0 Å². The number of rotatable bonds is 11. The summed E-state index contributed by atoms with van der Waals surface area (Å²) < 4.78 is 5.92. The number of hydrogen-bond acceptors (Lipinski definition) is 3. The minimum Gasteiger partial charge on any atom is -0.489 e. The number of aromatic nitrogens is 1. The number of pyridine rings is 1. The van der Waals surface area contributed by atoms with Crippen molar-refractivity contribution in [1.82, 2.24) is 9.88 Å². The van der Waals surface area contributed by atoms with E-state index in [-0.39, 0.29) is 11.3 Å². The minimum atomic E-state index is 0.206. The summed E-state index contributed by atoms with van der Waals surface area (Å²) >= 11 is 0. The molecule has 0 bridgehead atoms. The third-order valence-corrected chi connectivity index (χ3v) is 5.75. The molecule has 0 saturated heterocycles. The van der Waals surface area contributed by atoms with Crippen LogP contribution in [-0.2, 0) is 24.4 Å². The van der Waals surface area contributed by atoms with Crippen LogP contribution in [-0.4, -0.2) is 22.3 Å². The van der Waals surface area contributed by atoms with Crippen LogP contribution in [0.25, 0.3) is 0 Å². The lowest BCUT2D eigenvalue weighted by Crippen LogP contribution is -2.34. The summed E-state index contributed by atoms with van der Waals surface area (Å²) in [6, 6.07) is 24.2. The van der Waals surface area contributed by atoms with Crippen LogP contribution in [0.5, 0.6) is 5.75 Å². The molecule has 3 aromatic rings. The van der Waals surface area contributed by atoms with Gasteiger partial charge >= 0.3 is 0 Å². The van der Waals surface area contributed by atoms with Crippen molar-refractivity contribution in [2.75, 3.05) is 6.54 Å². The fraction of sp³-hybridized carbons (Fsp3) is 0.400. The minimum absolute atomic E-state index is 0.206. The molecule has 1 heterocycles. The zero-order valence-corrected chi connectivity index (χ0v) is 21.0. The highest BCUT2D eigenvalue weighted by molar-refractivity contribution is 5.76. The van der Waals surface area contributed by atoms with E-state index in [4.69, 9.17) is 4.74 Å². The van der Waals surface area contributed by atoms with Gasteiger partial charge in [-0.1, -0.05) is 76.2 Å². The number of hydrogen-bond donors (Lipinski definition) is 0. The van der Waals surface area contributed by atoms with E-state index in [1.165, 1.54) is 0 Å². The standard InChI is InChI=1S/C30H38N2O2/c1-24(21-30(2,3)4)20-29(33)32(19-17-27-12-8-9-18-31-27)22-25-13-15-28(16-14-25)34-23-26-10-6-5-7-11-26/h5-16,18,24H,17,19-23H2,1-4H3. The highest BCUT2D eigenvalue weighted by atomic mass is 16.5. The van der Waals surface area contributed by atoms with E-state index in [0.29, 0.717) is 32.0 Å². The summed E-state index contributed by atoms with van der Waals surface area (Å²) in [6.07, 6.45) is 4.15. The first-order chi connectivity index (χ1) is 16.3. The van der Waals surface area contributed by atoms with Crippen molar-refractivity contribution in [3.8, 4) is 5.75 Å². The third kappa shape index (κ3) is 9.01. The zero-order valence-electron chi connectivity index (χ0n) is 21.0. The quantitative estimate of drug-likeness (QED) is 0.321. The molecule has 2 aromatic carbocycles. The molecule has 1 atom stereocenters. The number of ether oxygens (including phenoxy) is 1. The van der Waals surface area contributed by atoms with Gasteiger partial charge in [-0.05, 0) is 53.1 Å². The predicted octanol–water partition coefficient (Wildman–Crippen LogP) is 6.69. The van der Waals surface area contributed by atoms with Crippen LogP contribution in [0.2, 0.25) is 0 Å². The highest BCUT2D eigenvalue weighted by Crippen LogP contribution is 2.26. The lowest BCUT2D eigenvalue weighted by atomic mass is 9.84. The van der Waals surface area contributed by atoms with E-state index in [0.717, 1.165) is 35.4 Å². The Morgan fingerprint density at radius 1 is 0.941 bits per heavy atom. The van der Waals surface area contributed by atoms with Crippen molar-refractivity contribution in [3.05, 3.63) is 95.8 Å². The maximum atomic E-state index is 13.3. The average Bonchev–Trinajstić information content (AvgIpc) is 2.81. The predicted molar refractivity (Wildman–Crippen MR) is 138 cm³/mol. The van der Waals surface area contributed by atoms with E-state index < -0.39 is 0 Å². The Morgan fingerprint density at radius 3 is 2.29 bits per heavy atom. The van der Waals surface area contributed by atoms with Gasteiger partial charge in [-0.25, -0.2) is 0 Å². The first kappa shape index (κ1) is 25.5. The summed E-state index contributed by atoms with van der Waals surface area (Å²) in [4.78, 5) is 19.7. The van der Waals surface area contributed by atoms with Gasteiger partial charge in [0.1, 0.15) is 12.4 Å². The van der Waals surface area contributed by atoms with E-state index in [9.17, 15) is 4.79 Å². The Labute approximate surface area is 205 Å². The molecule has 0 N–H and O–H groups in total. The van der Waals surface area contributed by atoms with Crippen molar-refractivity contribution in [1.29, 1.82) is 0 Å². The summed E-state index contributed by atoms with van der Waals surface area (Å²) in [6.45, 7) is 10.7. The first-order valence-electron chi connectivity index (χ1n) is 12.2. The van der Waals surface area contributed by atoms with Crippen LogP contribution in [0.1, 0.15) is 57.4 Å². The van der Waals surface area contributed by atoms with Crippen LogP contribution < -0.4 is 4.74 Å². The Bertz CT molecular complexity index is 995. The maximum absolute atomic E-state index is 13.3. The number of carbonyl (C=O) groups excluding carboxylic acids is 1. The summed E-state index contributed by atoms with van der Waals surface area (Å²) in [5.41, 5.74) is 3.47. The van der Waals surface area contributed by atoms with Crippen LogP contribution in [0, 0.1) is 11.3 Å². The number of nitrogens with zero attached hydrogens (tertiary/aromatic N) is 2. The van der Waals surface area contributed by atoms with Gasteiger partial charge in [0.2, 0.25) is 5.91 Å². The molecule has 3 rings (SSSR count). The number of amides is 1. The Hall–Kier alpha value is -3.14. The molecular weight excluding hydrogens is 420 g/mol. The smallest absolute Gasteiger partial charge is 0.223 e. The monoisotopic (exact) mass is 458 g/mol. The fourth-order valence-electron chi connectivity index (χ4n) is 4.28. The number of benzene rings is 2. The van der Waals surface area contributed by atoms with E-state index in [2.05, 4.69) is 56.9 Å². The molecule has 0 aliphatic rings.